The SMILES string of the molecule is CCNC(=O)[C@H]1O[C@@H](n2cnc3c(NC)nc(-c4ccccc4OC)nc32)[C@H](O)[C@@H]1O. The van der Waals surface area contributed by atoms with Crippen LogP contribution in [0.5, 0.6) is 5.75 Å². The zero-order chi connectivity index (χ0) is 22.1. The van der Waals surface area contributed by atoms with Crippen LogP contribution in [-0.2, 0) is 9.53 Å². The number of methoxy groups -OCH3 is 1. The van der Waals surface area contributed by atoms with Crippen molar-refractivity contribution in [2.24, 2.45) is 0 Å². The van der Waals surface area contributed by atoms with Crippen LogP contribution < -0.4 is 15.4 Å². The molecule has 3 aromatic rings. The summed E-state index contributed by atoms with van der Waals surface area (Å²) in [4.78, 5) is 25.7. The monoisotopic (exact) mass is 428 g/mol. The first-order valence-corrected chi connectivity index (χ1v) is 9.85. The third-order valence-electron chi connectivity index (χ3n) is 5.13. The number of rotatable bonds is 6. The van der Waals surface area contributed by atoms with Crippen molar-refractivity contribution in [3.8, 4) is 17.1 Å². The van der Waals surface area contributed by atoms with Crippen LogP contribution in [0, 0.1) is 0 Å². The lowest BCUT2D eigenvalue weighted by molar-refractivity contribution is -0.137. The minimum Gasteiger partial charge on any atom is -0.496 e. The lowest BCUT2D eigenvalue weighted by atomic mass is 10.1. The minimum atomic E-state index is -1.40. The summed E-state index contributed by atoms with van der Waals surface area (Å²) < 4.78 is 12.6. The van der Waals surface area contributed by atoms with Gasteiger partial charge in [-0.1, -0.05) is 12.1 Å². The molecule has 164 valence electrons. The van der Waals surface area contributed by atoms with E-state index in [0.29, 0.717) is 40.7 Å². The molecule has 0 aliphatic carbocycles. The Kier molecular flexibility index (Phi) is 5.72. The molecule has 1 amide bonds. The largest absolute Gasteiger partial charge is 0.496 e. The van der Waals surface area contributed by atoms with Crippen LogP contribution in [0.25, 0.3) is 22.6 Å². The molecule has 0 radical (unpaired) electrons. The molecule has 1 aromatic carbocycles. The van der Waals surface area contributed by atoms with Gasteiger partial charge in [0.25, 0.3) is 5.91 Å². The molecule has 4 atom stereocenters. The molecule has 31 heavy (non-hydrogen) atoms. The predicted molar refractivity (Wildman–Crippen MR) is 111 cm³/mol. The molecule has 0 bridgehead atoms. The maximum absolute atomic E-state index is 12.2. The van der Waals surface area contributed by atoms with Gasteiger partial charge in [-0.3, -0.25) is 9.36 Å². The van der Waals surface area contributed by atoms with E-state index in [0.717, 1.165) is 0 Å². The van der Waals surface area contributed by atoms with E-state index in [9.17, 15) is 15.0 Å². The van der Waals surface area contributed by atoms with Crippen LogP contribution in [0.4, 0.5) is 5.82 Å². The Morgan fingerprint density at radius 1 is 1.26 bits per heavy atom. The number of aliphatic hydroxyl groups is 2. The number of carbonyl (C=O) groups is 1. The van der Waals surface area contributed by atoms with Crippen molar-refractivity contribution < 1.29 is 24.5 Å². The van der Waals surface area contributed by atoms with Crippen LogP contribution in [-0.4, -0.2) is 74.7 Å². The second-order valence-electron chi connectivity index (χ2n) is 6.99. The van der Waals surface area contributed by atoms with E-state index in [1.165, 1.54) is 10.9 Å². The van der Waals surface area contributed by atoms with E-state index in [1.807, 2.05) is 18.2 Å². The third kappa shape index (κ3) is 3.56. The van der Waals surface area contributed by atoms with Crippen LogP contribution in [0.2, 0.25) is 0 Å². The Labute approximate surface area is 178 Å². The molecule has 0 unspecified atom stereocenters. The highest BCUT2D eigenvalue weighted by Gasteiger charge is 2.47. The topological polar surface area (TPSA) is 144 Å². The van der Waals surface area contributed by atoms with E-state index in [2.05, 4.69) is 25.6 Å². The number of ether oxygens (including phenoxy) is 2. The zero-order valence-corrected chi connectivity index (χ0v) is 17.3. The van der Waals surface area contributed by atoms with Gasteiger partial charge in [-0.25, -0.2) is 15.0 Å². The lowest BCUT2D eigenvalue weighted by Gasteiger charge is -2.17. The lowest BCUT2D eigenvalue weighted by Crippen LogP contribution is -2.42. The van der Waals surface area contributed by atoms with E-state index >= 15 is 0 Å². The van der Waals surface area contributed by atoms with Gasteiger partial charge in [-0.15, -0.1) is 0 Å². The molecule has 11 heteroatoms. The number of carbonyl (C=O) groups excluding carboxylic acids is 1. The van der Waals surface area contributed by atoms with Gasteiger partial charge in [-0.05, 0) is 19.1 Å². The molecule has 0 saturated carbocycles. The third-order valence-corrected chi connectivity index (χ3v) is 5.13. The molecule has 0 spiro atoms. The summed E-state index contributed by atoms with van der Waals surface area (Å²) in [5.74, 6) is 0.947. The number of fused-ring (bicyclic) bond motifs is 1. The van der Waals surface area contributed by atoms with Gasteiger partial charge >= 0.3 is 0 Å². The Morgan fingerprint density at radius 3 is 2.74 bits per heavy atom. The first-order valence-electron chi connectivity index (χ1n) is 9.85. The van der Waals surface area contributed by atoms with Crippen LogP contribution in [0.1, 0.15) is 13.2 Å². The van der Waals surface area contributed by atoms with E-state index in [-0.39, 0.29) is 0 Å². The van der Waals surface area contributed by atoms with E-state index in [4.69, 9.17) is 9.47 Å². The maximum Gasteiger partial charge on any atom is 0.252 e. The second-order valence-corrected chi connectivity index (χ2v) is 6.99. The number of amides is 1. The first-order chi connectivity index (χ1) is 15.0. The standard InChI is InChI=1S/C20H24N6O5/c1-4-22-19(29)15-13(27)14(28)20(31-15)26-9-23-12-17(21-2)24-16(25-18(12)26)10-7-5-6-8-11(10)30-3/h5-9,13-15,20,27-28H,4H2,1-3H3,(H,22,29)(H,21,24,25)/t13-,14+,15-,20+/m0/s1. The Hall–Kier alpha value is -3.28. The number of hydrogen-bond acceptors (Lipinski definition) is 9. The highest BCUT2D eigenvalue weighted by molar-refractivity contribution is 5.86. The fraction of sp³-hybridized carbons (Fsp3) is 0.400. The Morgan fingerprint density at radius 2 is 2.03 bits per heavy atom. The van der Waals surface area contributed by atoms with Crippen molar-refractivity contribution in [2.45, 2.75) is 31.5 Å². The van der Waals surface area contributed by atoms with Crippen molar-refractivity contribution in [2.75, 3.05) is 26.0 Å². The molecule has 1 saturated heterocycles. The van der Waals surface area contributed by atoms with E-state index < -0.39 is 30.4 Å². The number of imidazole rings is 1. The highest BCUT2D eigenvalue weighted by atomic mass is 16.6. The van der Waals surface area contributed by atoms with Crippen LogP contribution in [0.15, 0.2) is 30.6 Å². The van der Waals surface area contributed by atoms with Gasteiger partial charge in [0.1, 0.15) is 18.0 Å². The molecule has 4 N–H and O–H groups in total. The maximum atomic E-state index is 12.2. The predicted octanol–water partition coefficient (Wildman–Crippen LogP) is 0.299. The number of aliphatic hydroxyl groups excluding tert-OH is 2. The smallest absolute Gasteiger partial charge is 0.252 e. The normalized spacial score (nSPS) is 23.1. The van der Waals surface area contributed by atoms with Gasteiger partial charge in [0.15, 0.2) is 35.1 Å². The quantitative estimate of drug-likeness (QED) is 0.436. The van der Waals surface area contributed by atoms with Gasteiger partial charge in [0.05, 0.1) is 19.0 Å². The highest BCUT2D eigenvalue weighted by Crippen LogP contribution is 2.34. The molecular formula is C20H24N6O5. The van der Waals surface area contributed by atoms with Gasteiger partial charge in [-0.2, -0.15) is 0 Å². The number of aromatic nitrogens is 4. The average Bonchev–Trinajstić information content (AvgIpc) is 3.34. The fourth-order valence-electron chi connectivity index (χ4n) is 3.61. The summed E-state index contributed by atoms with van der Waals surface area (Å²) in [6, 6.07) is 7.32. The average molecular weight is 428 g/mol. The summed E-state index contributed by atoms with van der Waals surface area (Å²) in [6.07, 6.45) is -3.58. The number of hydrogen-bond donors (Lipinski definition) is 4. The number of benzene rings is 1. The number of nitrogens with zero attached hydrogens (tertiary/aromatic N) is 4. The minimum absolute atomic E-state index is 0.369. The summed E-state index contributed by atoms with van der Waals surface area (Å²) >= 11 is 0. The number of anilines is 1. The molecular weight excluding hydrogens is 404 g/mol. The van der Waals surface area contributed by atoms with Crippen molar-refractivity contribution >= 4 is 22.9 Å². The molecule has 2 aromatic heterocycles. The van der Waals surface area contributed by atoms with Crippen LogP contribution >= 0.6 is 0 Å². The number of para-hydroxylation sites is 1. The second kappa shape index (κ2) is 8.46. The summed E-state index contributed by atoms with van der Waals surface area (Å²) in [7, 11) is 3.27. The van der Waals surface area contributed by atoms with Gasteiger partial charge in [0, 0.05) is 13.6 Å². The van der Waals surface area contributed by atoms with Crippen molar-refractivity contribution in [3.05, 3.63) is 30.6 Å². The molecule has 1 aliphatic rings. The molecule has 4 rings (SSSR count). The number of likely N-dealkylation sites (N-methyl/N-ethyl adjacent to an activating group) is 1. The molecule has 11 nitrogen and oxygen atoms in total. The zero-order valence-electron chi connectivity index (χ0n) is 17.3. The summed E-state index contributed by atoms with van der Waals surface area (Å²) in [5, 5.41) is 26.5. The molecule has 1 fully saturated rings. The molecule has 3 heterocycles. The van der Waals surface area contributed by atoms with Gasteiger partial charge < -0.3 is 30.3 Å². The number of nitrogens with one attached hydrogen (secondary N) is 2. The van der Waals surface area contributed by atoms with Crippen molar-refractivity contribution in [3.63, 3.8) is 0 Å². The summed E-state index contributed by atoms with van der Waals surface area (Å²) in [5.41, 5.74) is 1.49. The van der Waals surface area contributed by atoms with Gasteiger partial charge in [0.2, 0.25) is 0 Å². The first kappa shape index (κ1) is 21.0. The van der Waals surface area contributed by atoms with Crippen molar-refractivity contribution in [1.82, 2.24) is 24.8 Å². The molecule has 1 aliphatic heterocycles. The Bertz CT molecular complexity index is 1100. The van der Waals surface area contributed by atoms with Crippen molar-refractivity contribution in [1.29, 1.82) is 0 Å². The van der Waals surface area contributed by atoms with Crippen LogP contribution in [0.3, 0.4) is 0 Å². The van der Waals surface area contributed by atoms with E-state index in [1.54, 1.807) is 27.1 Å². The summed E-state index contributed by atoms with van der Waals surface area (Å²) in [6.45, 7) is 2.13. The Balaban J connectivity index is 1.80. The fourth-order valence-corrected chi connectivity index (χ4v) is 3.61.